The highest BCUT2D eigenvalue weighted by molar-refractivity contribution is 5.94. The zero-order valence-electron chi connectivity index (χ0n) is 10.7. The first-order valence-corrected chi connectivity index (χ1v) is 6.60. The molecule has 1 atom stereocenters. The van der Waals surface area contributed by atoms with Crippen molar-refractivity contribution >= 4 is 5.91 Å². The van der Waals surface area contributed by atoms with Crippen molar-refractivity contribution < 1.29 is 13.6 Å². The summed E-state index contributed by atoms with van der Waals surface area (Å²) in [6.45, 7) is 0.902. The molecule has 0 bridgehead atoms. The van der Waals surface area contributed by atoms with Gasteiger partial charge in [0.05, 0.1) is 5.56 Å². The third kappa shape index (κ3) is 2.92. The van der Waals surface area contributed by atoms with E-state index in [0.29, 0.717) is 13.1 Å². The number of carbonyl (C=O) groups is 1. The highest BCUT2D eigenvalue weighted by Crippen LogP contribution is 2.20. The van der Waals surface area contributed by atoms with Gasteiger partial charge in [-0.1, -0.05) is 18.9 Å². The number of hydrogen-bond acceptors (Lipinski definition) is 2. The summed E-state index contributed by atoms with van der Waals surface area (Å²) in [5.74, 6) is -2.54. The third-order valence-electron chi connectivity index (χ3n) is 3.59. The fourth-order valence-corrected chi connectivity index (χ4v) is 2.51. The van der Waals surface area contributed by atoms with E-state index in [2.05, 4.69) is 0 Å². The minimum atomic E-state index is -1.08. The summed E-state index contributed by atoms with van der Waals surface area (Å²) in [6, 6.07) is 3.59. The Morgan fingerprint density at radius 1 is 1.32 bits per heavy atom. The summed E-state index contributed by atoms with van der Waals surface area (Å²) in [5.41, 5.74) is 5.48. The van der Waals surface area contributed by atoms with Crippen molar-refractivity contribution in [3.63, 3.8) is 0 Å². The van der Waals surface area contributed by atoms with Crippen molar-refractivity contribution in [2.75, 3.05) is 13.1 Å². The first kappa shape index (κ1) is 13.9. The van der Waals surface area contributed by atoms with E-state index in [1.54, 1.807) is 4.90 Å². The number of hydrogen-bond donors (Lipinski definition) is 1. The van der Waals surface area contributed by atoms with Crippen LogP contribution in [0.4, 0.5) is 8.78 Å². The lowest BCUT2D eigenvalue weighted by molar-refractivity contribution is 0.0683. The van der Waals surface area contributed by atoms with Gasteiger partial charge in [0.1, 0.15) is 0 Å². The summed E-state index contributed by atoms with van der Waals surface area (Å²) in [6.07, 6.45) is 3.74. The predicted octanol–water partition coefficient (Wildman–Crippen LogP) is 2.31. The molecule has 2 rings (SSSR count). The van der Waals surface area contributed by atoms with Crippen LogP contribution in [0.3, 0.4) is 0 Å². The van der Waals surface area contributed by atoms with E-state index in [-0.39, 0.29) is 11.6 Å². The Morgan fingerprint density at radius 2 is 2.11 bits per heavy atom. The Labute approximate surface area is 111 Å². The second kappa shape index (κ2) is 6.10. The van der Waals surface area contributed by atoms with Crippen LogP contribution in [0.15, 0.2) is 18.2 Å². The van der Waals surface area contributed by atoms with E-state index in [9.17, 15) is 13.6 Å². The third-order valence-corrected chi connectivity index (χ3v) is 3.59. The van der Waals surface area contributed by atoms with Gasteiger partial charge in [0.15, 0.2) is 11.6 Å². The molecule has 1 aromatic carbocycles. The molecule has 0 radical (unpaired) electrons. The van der Waals surface area contributed by atoms with Gasteiger partial charge in [0.2, 0.25) is 0 Å². The Balaban J connectivity index is 2.28. The molecule has 0 aromatic heterocycles. The molecule has 0 saturated carbocycles. The largest absolute Gasteiger partial charge is 0.334 e. The van der Waals surface area contributed by atoms with Crippen LogP contribution in [-0.2, 0) is 0 Å². The molecule has 1 unspecified atom stereocenters. The monoisotopic (exact) mass is 268 g/mol. The minimum Gasteiger partial charge on any atom is -0.334 e. The lowest BCUT2D eigenvalue weighted by atomic mass is 10.1. The van der Waals surface area contributed by atoms with Crippen molar-refractivity contribution in [2.45, 2.75) is 31.7 Å². The van der Waals surface area contributed by atoms with Gasteiger partial charge < -0.3 is 10.6 Å². The molecule has 1 fully saturated rings. The topological polar surface area (TPSA) is 46.3 Å². The van der Waals surface area contributed by atoms with Crippen molar-refractivity contribution in [2.24, 2.45) is 5.73 Å². The van der Waals surface area contributed by atoms with Crippen molar-refractivity contribution in [3.8, 4) is 0 Å². The number of nitrogens with zero attached hydrogens (tertiary/aromatic N) is 1. The van der Waals surface area contributed by atoms with Crippen LogP contribution in [-0.4, -0.2) is 29.9 Å². The summed E-state index contributed by atoms with van der Waals surface area (Å²) in [4.78, 5) is 13.9. The maximum Gasteiger partial charge on any atom is 0.257 e. The molecular weight excluding hydrogens is 250 g/mol. The van der Waals surface area contributed by atoms with Crippen LogP contribution in [0, 0.1) is 11.6 Å². The summed E-state index contributed by atoms with van der Waals surface area (Å²) < 4.78 is 26.9. The number of likely N-dealkylation sites (tertiary alicyclic amines) is 1. The van der Waals surface area contributed by atoms with Crippen LogP contribution in [0.5, 0.6) is 0 Å². The molecule has 1 aliphatic rings. The van der Waals surface area contributed by atoms with E-state index in [4.69, 9.17) is 5.73 Å². The van der Waals surface area contributed by atoms with Crippen molar-refractivity contribution in [1.82, 2.24) is 4.90 Å². The second-order valence-corrected chi connectivity index (χ2v) is 4.84. The maximum atomic E-state index is 13.7. The van der Waals surface area contributed by atoms with Crippen LogP contribution in [0.1, 0.15) is 36.0 Å². The molecular formula is C14H18F2N2O. The first-order valence-electron chi connectivity index (χ1n) is 6.60. The SMILES string of the molecule is NCC1CCCCCN1C(=O)c1cccc(F)c1F. The van der Waals surface area contributed by atoms with E-state index in [0.717, 1.165) is 31.7 Å². The minimum absolute atomic E-state index is 0.0855. The molecule has 1 saturated heterocycles. The summed E-state index contributed by atoms with van der Waals surface area (Å²) >= 11 is 0. The van der Waals surface area contributed by atoms with E-state index < -0.39 is 17.5 Å². The van der Waals surface area contributed by atoms with Gasteiger partial charge in [-0.05, 0) is 25.0 Å². The highest BCUT2D eigenvalue weighted by Gasteiger charge is 2.27. The Hall–Kier alpha value is -1.49. The van der Waals surface area contributed by atoms with Crippen LogP contribution in [0.2, 0.25) is 0 Å². The number of halogens is 2. The van der Waals surface area contributed by atoms with Crippen molar-refractivity contribution in [3.05, 3.63) is 35.4 Å². The van der Waals surface area contributed by atoms with E-state index in [1.807, 2.05) is 0 Å². The van der Waals surface area contributed by atoms with Gasteiger partial charge in [-0.25, -0.2) is 8.78 Å². The Bertz CT molecular complexity index is 465. The van der Waals surface area contributed by atoms with Gasteiger partial charge in [-0.15, -0.1) is 0 Å². The molecule has 0 aliphatic carbocycles. The van der Waals surface area contributed by atoms with Crippen LogP contribution >= 0.6 is 0 Å². The molecule has 5 heteroatoms. The number of carbonyl (C=O) groups excluding carboxylic acids is 1. The number of benzene rings is 1. The predicted molar refractivity (Wildman–Crippen MR) is 68.7 cm³/mol. The molecule has 104 valence electrons. The quantitative estimate of drug-likeness (QED) is 0.894. The van der Waals surface area contributed by atoms with Gasteiger partial charge in [0.25, 0.3) is 5.91 Å². The van der Waals surface area contributed by atoms with Crippen LogP contribution in [0.25, 0.3) is 0 Å². The van der Waals surface area contributed by atoms with Gasteiger partial charge in [-0.3, -0.25) is 4.79 Å². The fourth-order valence-electron chi connectivity index (χ4n) is 2.51. The zero-order valence-corrected chi connectivity index (χ0v) is 10.7. The average Bonchev–Trinajstić information content (AvgIpc) is 2.66. The number of nitrogens with two attached hydrogens (primary N) is 1. The van der Waals surface area contributed by atoms with Crippen molar-refractivity contribution in [1.29, 1.82) is 0 Å². The summed E-state index contributed by atoms with van der Waals surface area (Å²) in [7, 11) is 0. The van der Waals surface area contributed by atoms with Gasteiger partial charge >= 0.3 is 0 Å². The van der Waals surface area contributed by atoms with Gasteiger partial charge in [-0.2, -0.15) is 0 Å². The zero-order chi connectivity index (χ0) is 13.8. The Kier molecular flexibility index (Phi) is 4.47. The average molecular weight is 268 g/mol. The molecule has 1 aliphatic heterocycles. The molecule has 3 nitrogen and oxygen atoms in total. The lowest BCUT2D eigenvalue weighted by Gasteiger charge is -2.29. The Morgan fingerprint density at radius 3 is 2.84 bits per heavy atom. The standard InChI is InChI=1S/C14H18F2N2O/c15-12-7-4-6-11(13(12)16)14(19)18-8-3-1-2-5-10(18)9-17/h4,6-7,10H,1-3,5,8-9,17H2. The smallest absolute Gasteiger partial charge is 0.257 e. The second-order valence-electron chi connectivity index (χ2n) is 4.84. The molecule has 2 N–H and O–H groups in total. The fraction of sp³-hybridized carbons (Fsp3) is 0.500. The number of amides is 1. The molecule has 1 amide bonds. The molecule has 1 heterocycles. The van der Waals surface area contributed by atoms with Gasteiger partial charge in [0, 0.05) is 19.1 Å². The molecule has 19 heavy (non-hydrogen) atoms. The van der Waals surface area contributed by atoms with E-state index in [1.165, 1.54) is 12.1 Å². The highest BCUT2D eigenvalue weighted by atomic mass is 19.2. The number of rotatable bonds is 2. The maximum absolute atomic E-state index is 13.7. The molecule has 1 aromatic rings. The first-order chi connectivity index (χ1) is 9.15. The van der Waals surface area contributed by atoms with E-state index >= 15 is 0 Å². The molecule has 0 spiro atoms. The summed E-state index contributed by atoms with van der Waals surface area (Å²) in [5, 5.41) is 0. The lowest BCUT2D eigenvalue weighted by Crippen LogP contribution is -2.44. The normalized spacial score (nSPS) is 20.2. The van der Waals surface area contributed by atoms with Crippen LogP contribution < -0.4 is 5.73 Å².